The second-order valence-electron chi connectivity index (χ2n) is 5.88. The Morgan fingerprint density at radius 3 is 2.50 bits per heavy atom. The summed E-state index contributed by atoms with van der Waals surface area (Å²) in [6.45, 7) is 2.57. The van der Waals surface area contributed by atoms with E-state index in [2.05, 4.69) is 29.3 Å². The molecule has 24 heavy (non-hydrogen) atoms. The number of thioether (sulfide) groups is 2. The van der Waals surface area contributed by atoms with E-state index in [1.165, 1.54) is 34.3 Å². The molecule has 3 nitrogen and oxygen atoms in total. The highest BCUT2D eigenvalue weighted by Gasteiger charge is 2.09. The van der Waals surface area contributed by atoms with Crippen LogP contribution in [0.1, 0.15) is 51.0 Å². The molecule has 1 aromatic rings. The summed E-state index contributed by atoms with van der Waals surface area (Å²) < 4.78 is 6.36. The van der Waals surface area contributed by atoms with E-state index in [-0.39, 0.29) is 5.97 Å². The molecule has 1 aromatic carbocycles. The van der Waals surface area contributed by atoms with Gasteiger partial charge in [0.15, 0.2) is 0 Å². The van der Waals surface area contributed by atoms with Crippen molar-refractivity contribution in [2.24, 2.45) is 4.99 Å². The highest BCUT2D eigenvalue weighted by Crippen LogP contribution is 2.29. The van der Waals surface area contributed by atoms with Gasteiger partial charge in [0.1, 0.15) is 4.38 Å². The van der Waals surface area contributed by atoms with Gasteiger partial charge < -0.3 is 4.74 Å². The lowest BCUT2D eigenvalue weighted by Gasteiger charge is -2.05. The highest BCUT2D eigenvalue weighted by molar-refractivity contribution is 8.41. The third kappa shape index (κ3) is 7.75. The summed E-state index contributed by atoms with van der Waals surface area (Å²) in [6, 6.07) is 8.62. The van der Waals surface area contributed by atoms with Crippen LogP contribution in [0, 0.1) is 0 Å². The summed E-state index contributed by atoms with van der Waals surface area (Å²) in [5, 5.41) is 0. The van der Waals surface area contributed by atoms with Gasteiger partial charge in [-0.2, -0.15) is 0 Å². The fourth-order valence-corrected chi connectivity index (χ4v) is 4.64. The number of aliphatic imine (C=N–C) groups is 1. The number of benzene rings is 1. The molecule has 1 aliphatic heterocycles. The topological polar surface area (TPSA) is 38.7 Å². The van der Waals surface area contributed by atoms with Crippen LogP contribution in [0.5, 0.6) is 0 Å². The molecule has 0 amide bonds. The van der Waals surface area contributed by atoms with E-state index in [1.54, 1.807) is 0 Å². The number of carbonyl (C=O) groups is 1. The predicted octanol–water partition coefficient (Wildman–Crippen LogP) is 5.60. The molecular weight excluding hydrogens is 338 g/mol. The Bertz CT molecular complexity index is 521. The van der Waals surface area contributed by atoms with Gasteiger partial charge in [-0.05, 0) is 43.4 Å². The lowest BCUT2D eigenvalue weighted by Crippen LogP contribution is -2.04. The lowest BCUT2D eigenvalue weighted by atomic mass is 10.1. The number of hydrogen-bond acceptors (Lipinski definition) is 5. The zero-order chi connectivity index (χ0) is 17.0. The predicted molar refractivity (Wildman–Crippen MR) is 106 cm³/mol. The molecule has 0 unspecified atom stereocenters. The van der Waals surface area contributed by atoms with E-state index >= 15 is 0 Å². The summed E-state index contributed by atoms with van der Waals surface area (Å²) in [6.07, 6.45) is 6.97. The minimum Gasteiger partial charge on any atom is -0.466 e. The van der Waals surface area contributed by atoms with Gasteiger partial charge in [-0.3, -0.25) is 4.79 Å². The first-order valence-corrected chi connectivity index (χ1v) is 10.8. The third-order valence-corrected chi connectivity index (χ3v) is 6.23. The van der Waals surface area contributed by atoms with Crippen molar-refractivity contribution in [1.29, 1.82) is 0 Å². The molecule has 0 spiro atoms. The molecule has 132 valence electrons. The quantitative estimate of drug-likeness (QED) is 0.399. The number of unbranched alkanes of at least 4 members (excludes halogenated alkanes) is 3. The van der Waals surface area contributed by atoms with Gasteiger partial charge in [0.25, 0.3) is 0 Å². The lowest BCUT2D eigenvalue weighted by molar-refractivity contribution is -0.143. The molecule has 1 fully saturated rings. The van der Waals surface area contributed by atoms with Crippen LogP contribution in [0.4, 0.5) is 5.69 Å². The number of aryl methyl sites for hydroxylation is 1. The standard InChI is InChI=1S/C19H27NO2S2/c1-2-7-18(21)22-13-6-4-3-5-8-16-9-11-17(12-10-16)20-19-23-14-15-24-19/h9-12H,2-8,13-15H2,1H3. The van der Waals surface area contributed by atoms with Crippen molar-refractivity contribution >= 4 is 39.6 Å². The monoisotopic (exact) mass is 365 g/mol. The number of nitrogens with zero attached hydrogens (tertiary/aromatic N) is 1. The fraction of sp³-hybridized carbons (Fsp3) is 0.579. The van der Waals surface area contributed by atoms with Gasteiger partial charge in [-0.1, -0.05) is 55.4 Å². The molecular formula is C19H27NO2S2. The molecule has 0 saturated carbocycles. The van der Waals surface area contributed by atoms with Gasteiger partial charge in [0.05, 0.1) is 12.3 Å². The van der Waals surface area contributed by atoms with Crippen LogP contribution in [0.25, 0.3) is 0 Å². The number of hydrogen-bond donors (Lipinski definition) is 0. The Hall–Kier alpha value is -0.940. The smallest absolute Gasteiger partial charge is 0.305 e. The molecule has 1 saturated heterocycles. The molecule has 0 atom stereocenters. The zero-order valence-electron chi connectivity index (χ0n) is 14.5. The average molecular weight is 366 g/mol. The van der Waals surface area contributed by atoms with Crippen LogP contribution in [0.3, 0.4) is 0 Å². The van der Waals surface area contributed by atoms with Crippen molar-refractivity contribution in [3.05, 3.63) is 29.8 Å². The minimum absolute atomic E-state index is 0.0597. The van der Waals surface area contributed by atoms with Gasteiger partial charge in [0, 0.05) is 17.9 Å². The van der Waals surface area contributed by atoms with Crippen molar-refractivity contribution in [1.82, 2.24) is 0 Å². The fourth-order valence-electron chi connectivity index (χ4n) is 2.45. The zero-order valence-corrected chi connectivity index (χ0v) is 16.1. The minimum atomic E-state index is -0.0597. The summed E-state index contributed by atoms with van der Waals surface area (Å²) in [7, 11) is 0. The second-order valence-corrected chi connectivity index (χ2v) is 8.30. The number of ether oxygens (including phenoxy) is 1. The SMILES string of the molecule is CCCC(=O)OCCCCCCc1ccc(N=C2SCCS2)cc1. The molecule has 0 aliphatic carbocycles. The summed E-state index contributed by atoms with van der Waals surface area (Å²) in [4.78, 5) is 15.9. The van der Waals surface area contributed by atoms with Gasteiger partial charge in [0.2, 0.25) is 0 Å². The van der Waals surface area contributed by atoms with Crippen LogP contribution >= 0.6 is 23.5 Å². The molecule has 0 N–H and O–H groups in total. The third-order valence-electron chi connectivity index (χ3n) is 3.77. The van der Waals surface area contributed by atoms with E-state index in [0.29, 0.717) is 13.0 Å². The Morgan fingerprint density at radius 1 is 1.08 bits per heavy atom. The largest absolute Gasteiger partial charge is 0.466 e. The van der Waals surface area contributed by atoms with Crippen molar-refractivity contribution in [3.63, 3.8) is 0 Å². The van der Waals surface area contributed by atoms with E-state index in [0.717, 1.165) is 31.4 Å². The highest BCUT2D eigenvalue weighted by atomic mass is 32.2. The first kappa shape index (κ1) is 19.4. The van der Waals surface area contributed by atoms with Crippen LogP contribution in [-0.2, 0) is 16.0 Å². The maximum Gasteiger partial charge on any atom is 0.305 e. The second kappa shape index (κ2) is 11.6. The summed E-state index contributed by atoms with van der Waals surface area (Å²) in [5.41, 5.74) is 2.43. The van der Waals surface area contributed by atoms with Gasteiger partial charge >= 0.3 is 5.97 Å². The van der Waals surface area contributed by atoms with Crippen LogP contribution in [-0.4, -0.2) is 28.5 Å². The first-order chi connectivity index (χ1) is 11.8. The molecule has 0 aromatic heterocycles. The van der Waals surface area contributed by atoms with E-state index in [9.17, 15) is 4.79 Å². The maximum atomic E-state index is 11.2. The first-order valence-electron chi connectivity index (χ1n) is 8.87. The Morgan fingerprint density at radius 2 is 1.79 bits per heavy atom. The Kier molecular flexibility index (Phi) is 9.36. The number of rotatable bonds is 10. The van der Waals surface area contributed by atoms with Gasteiger partial charge in [-0.15, -0.1) is 0 Å². The summed E-state index contributed by atoms with van der Waals surface area (Å²) in [5.74, 6) is 2.30. The molecule has 0 bridgehead atoms. The molecule has 1 aliphatic rings. The average Bonchev–Trinajstić information content (AvgIpc) is 3.09. The normalized spacial score (nSPS) is 14.0. The van der Waals surface area contributed by atoms with Crippen LogP contribution < -0.4 is 0 Å². The van der Waals surface area contributed by atoms with E-state index < -0.39 is 0 Å². The molecule has 2 rings (SSSR count). The number of carbonyl (C=O) groups excluding carboxylic acids is 1. The molecule has 5 heteroatoms. The van der Waals surface area contributed by atoms with Crippen molar-refractivity contribution < 1.29 is 9.53 Å². The summed E-state index contributed by atoms with van der Waals surface area (Å²) >= 11 is 3.70. The maximum absolute atomic E-state index is 11.2. The van der Waals surface area contributed by atoms with Crippen molar-refractivity contribution in [3.8, 4) is 0 Å². The Labute approximate surface area is 154 Å². The van der Waals surface area contributed by atoms with E-state index in [4.69, 9.17) is 4.74 Å². The van der Waals surface area contributed by atoms with E-state index in [1.807, 2.05) is 30.4 Å². The van der Waals surface area contributed by atoms with Crippen LogP contribution in [0.15, 0.2) is 29.3 Å². The van der Waals surface area contributed by atoms with Crippen LogP contribution in [0.2, 0.25) is 0 Å². The van der Waals surface area contributed by atoms with Crippen molar-refractivity contribution in [2.45, 2.75) is 51.9 Å². The van der Waals surface area contributed by atoms with Crippen molar-refractivity contribution in [2.75, 3.05) is 18.1 Å². The van der Waals surface area contributed by atoms with Gasteiger partial charge in [-0.25, -0.2) is 4.99 Å². The number of esters is 1. The molecule has 1 heterocycles. The molecule has 0 radical (unpaired) electrons. The Balaban J connectivity index is 1.56.